The predicted octanol–water partition coefficient (Wildman–Crippen LogP) is 17.8. The molecule has 1 aliphatic carbocycles. The highest BCUT2D eigenvalue weighted by molar-refractivity contribution is 6.21. The fourth-order valence-corrected chi connectivity index (χ4v) is 9.98. The SMILES string of the molecule is C1=CCCC(c2c3cc(N(c4ccccc4)c4ccc5ccccc5c4)ccc3c(-c3ccc4ccccc4c3)c3cc(N(c4ccccc4)c4ccc5ccccc5c4)ccc23)=C1. The molecule has 0 saturated heterocycles. The lowest BCUT2D eigenvalue weighted by Crippen LogP contribution is -2.10. The van der Waals surface area contributed by atoms with Crippen molar-refractivity contribution < 1.29 is 0 Å². The molecule has 12 rings (SSSR count). The second-order valence-corrected chi connectivity index (χ2v) is 16.8. The fraction of sp³-hybridized carbons (Fsp3) is 0.0323. The molecule has 0 fully saturated rings. The first-order valence-electron chi connectivity index (χ1n) is 22.3. The highest BCUT2D eigenvalue weighted by atomic mass is 15.1. The molecule has 64 heavy (non-hydrogen) atoms. The Morgan fingerprint density at radius 1 is 0.297 bits per heavy atom. The van der Waals surface area contributed by atoms with Crippen molar-refractivity contribution in [3.63, 3.8) is 0 Å². The van der Waals surface area contributed by atoms with Gasteiger partial charge in [-0.25, -0.2) is 0 Å². The summed E-state index contributed by atoms with van der Waals surface area (Å²) in [6.45, 7) is 0. The Balaban J connectivity index is 1.16. The first kappa shape index (κ1) is 37.6. The number of fused-ring (bicyclic) bond motifs is 5. The van der Waals surface area contributed by atoms with E-state index in [1.807, 2.05) is 0 Å². The molecule has 0 bridgehead atoms. The van der Waals surface area contributed by atoms with Crippen molar-refractivity contribution in [1.29, 1.82) is 0 Å². The van der Waals surface area contributed by atoms with Gasteiger partial charge >= 0.3 is 0 Å². The monoisotopic (exact) mass is 816 g/mol. The maximum atomic E-state index is 2.45. The summed E-state index contributed by atoms with van der Waals surface area (Å²) in [7, 11) is 0. The van der Waals surface area contributed by atoms with Crippen LogP contribution in [-0.4, -0.2) is 0 Å². The molecule has 0 atom stereocenters. The van der Waals surface area contributed by atoms with Gasteiger partial charge in [-0.15, -0.1) is 0 Å². The molecule has 2 nitrogen and oxygen atoms in total. The number of allylic oxidation sites excluding steroid dienone is 4. The van der Waals surface area contributed by atoms with Crippen molar-refractivity contribution >= 4 is 93.6 Å². The Kier molecular flexibility index (Phi) is 9.34. The highest BCUT2D eigenvalue weighted by Gasteiger charge is 2.23. The summed E-state index contributed by atoms with van der Waals surface area (Å²) in [6, 6.07) is 82.5. The Morgan fingerprint density at radius 2 is 0.719 bits per heavy atom. The van der Waals surface area contributed by atoms with E-state index >= 15 is 0 Å². The number of rotatable bonds is 8. The van der Waals surface area contributed by atoms with Crippen LogP contribution in [0.3, 0.4) is 0 Å². The normalized spacial score (nSPS) is 12.6. The third-order valence-corrected chi connectivity index (χ3v) is 13.0. The van der Waals surface area contributed by atoms with Gasteiger partial charge in [0.1, 0.15) is 0 Å². The molecular weight excluding hydrogens is 773 g/mol. The van der Waals surface area contributed by atoms with Gasteiger partial charge in [0, 0.05) is 34.1 Å². The highest BCUT2D eigenvalue weighted by Crippen LogP contribution is 2.48. The molecule has 2 heteroatoms. The van der Waals surface area contributed by atoms with Crippen LogP contribution in [-0.2, 0) is 0 Å². The van der Waals surface area contributed by atoms with Crippen molar-refractivity contribution in [2.75, 3.05) is 9.80 Å². The second-order valence-electron chi connectivity index (χ2n) is 16.8. The zero-order valence-electron chi connectivity index (χ0n) is 35.4. The summed E-state index contributed by atoms with van der Waals surface area (Å²) in [6.07, 6.45) is 8.86. The van der Waals surface area contributed by atoms with Crippen molar-refractivity contribution in [2.24, 2.45) is 0 Å². The van der Waals surface area contributed by atoms with Gasteiger partial charge in [-0.2, -0.15) is 0 Å². The van der Waals surface area contributed by atoms with Crippen LogP contribution in [0, 0.1) is 0 Å². The van der Waals surface area contributed by atoms with E-state index in [4.69, 9.17) is 0 Å². The third kappa shape index (κ3) is 6.68. The molecule has 0 N–H and O–H groups in total. The van der Waals surface area contributed by atoms with Crippen molar-refractivity contribution in [3.8, 4) is 11.1 Å². The molecule has 0 aliphatic heterocycles. The predicted molar refractivity (Wildman–Crippen MR) is 275 cm³/mol. The van der Waals surface area contributed by atoms with Crippen molar-refractivity contribution in [2.45, 2.75) is 12.8 Å². The van der Waals surface area contributed by atoms with Gasteiger partial charge in [0.2, 0.25) is 0 Å². The molecule has 0 unspecified atom stereocenters. The lowest BCUT2D eigenvalue weighted by Gasteiger charge is -2.29. The minimum Gasteiger partial charge on any atom is -0.310 e. The van der Waals surface area contributed by atoms with Crippen LogP contribution < -0.4 is 9.80 Å². The first-order valence-corrected chi connectivity index (χ1v) is 22.3. The minimum absolute atomic E-state index is 0.975. The molecule has 0 saturated carbocycles. The molecule has 11 aromatic carbocycles. The van der Waals surface area contributed by atoms with E-state index in [0.717, 1.165) is 47.0 Å². The Labute approximate surface area is 373 Å². The van der Waals surface area contributed by atoms with Gasteiger partial charge in [0.15, 0.2) is 0 Å². The number of para-hydroxylation sites is 2. The van der Waals surface area contributed by atoms with Gasteiger partial charge < -0.3 is 9.80 Å². The van der Waals surface area contributed by atoms with Crippen molar-refractivity contribution in [3.05, 3.63) is 248 Å². The summed E-state index contributed by atoms with van der Waals surface area (Å²) < 4.78 is 0. The molecule has 0 radical (unpaired) electrons. The van der Waals surface area contributed by atoms with Crippen molar-refractivity contribution in [1.82, 2.24) is 0 Å². The number of anilines is 6. The Hall–Kier alpha value is -8.20. The lowest BCUT2D eigenvalue weighted by atomic mass is 9.83. The van der Waals surface area contributed by atoms with E-state index in [9.17, 15) is 0 Å². The summed E-state index contributed by atoms with van der Waals surface area (Å²) in [5, 5.41) is 12.3. The van der Waals surface area contributed by atoms with Crippen LogP contribution in [0.4, 0.5) is 34.1 Å². The Bertz CT molecular complexity index is 3620. The van der Waals surface area contributed by atoms with E-state index in [2.05, 4.69) is 252 Å². The largest absolute Gasteiger partial charge is 0.310 e. The van der Waals surface area contributed by atoms with Crippen LogP contribution >= 0.6 is 0 Å². The molecule has 0 heterocycles. The zero-order valence-corrected chi connectivity index (χ0v) is 35.4. The number of benzene rings is 11. The van der Waals surface area contributed by atoms with Crippen LogP contribution in [0.2, 0.25) is 0 Å². The molecule has 0 spiro atoms. The van der Waals surface area contributed by atoms with E-state index < -0.39 is 0 Å². The smallest absolute Gasteiger partial charge is 0.0468 e. The molecule has 302 valence electrons. The molecular formula is C62H44N2. The van der Waals surface area contributed by atoms with Gasteiger partial charge in [0.25, 0.3) is 0 Å². The average Bonchev–Trinajstić information content (AvgIpc) is 3.36. The topological polar surface area (TPSA) is 6.48 Å². The van der Waals surface area contributed by atoms with E-state index in [1.165, 1.54) is 76.1 Å². The zero-order chi connectivity index (χ0) is 42.4. The molecule has 1 aliphatic rings. The maximum absolute atomic E-state index is 2.45. The van der Waals surface area contributed by atoms with E-state index in [-0.39, 0.29) is 0 Å². The van der Waals surface area contributed by atoms with Gasteiger partial charge in [0.05, 0.1) is 0 Å². The average molecular weight is 817 g/mol. The van der Waals surface area contributed by atoms with Crippen LogP contribution in [0.5, 0.6) is 0 Å². The Morgan fingerprint density at radius 3 is 1.23 bits per heavy atom. The quantitative estimate of drug-likeness (QED) is 0.141. The van der Waals surface area contributed by atoms with E-state index in [0.29, 0.717) is 0 Å². The van der Waals surface area contributed by atoms with E-state index in [1.54, 1.807) is 0 Å². The maximum Gasteiger partial charge on any atom is 0.0468 e. The summed E-state index contributed by atoms with van der Waals surface area (Å²) in [5.41, 5.74) is 11.8. The summed E-state index contributed by atoms with van der Waals surface area (Å²) >= 11 is 0. The molecule has 0 amide bonds. The number of hydrogen-bond donors (Lipinski definition) is 0. The summed E-state index contributed by atoms with van der Waals surface area (Å²) in [5.74, 6) is 0. The minimum atomic E-state index is 0.975. The van der Waals surface area contributed by atoms with Crippen LogP contribution in [0.1, 0.15) is 18.4 Å². The second kappa shape index (κ2) is 15.9. The standard InChI is InChI=1S/C62H44N2/c1-4-19-46(20-5-1)61-57-36-34-56(64(52-26-8-3-9-27-52)54-33-31-45-18-12-15-23-49(45)40-54)42-60(57)62(50-29-28-43-16-10-13-21-47(43)38-50)58-37-35-55(41-59(58)61)63(51-24-6-2-7-25-51)53-32-30-44-17-11-14-22-48(44)39-53/h1-4,6-19,21-42H,5,20H2. The van der Waals surface area contributed by atoms with Crippen LogP contribution in [0.25, 0.3) is 70.6 Å². The first-order chi connectivity index (χ1) is 31.7. The molecule has 0 aromatic heterocycles. The van der Waals surface area contributed by atoms with Gasteiger partial charge in [-0.1, -0.05) is 164 Å². The summed E-state index contributed by atoms with van der Waals surface area (Å²) in [4.78, 5) is 4.82. The molecule has 11 aromatic rings. The van der Waals surface area contributed by atoms with Gasteiger partial charge in [-0.3, -0.25) is 0 Å². The lowest BCUT2D eigenvalue weighted by molar-refractivity contribution is 1.06. The third-order valence-electron chi connectivity index (χ3n) is 13.0. The van der Waals surface area contributed by atoms with Gasteiger partial charge in [-0.05, 0) is 168 Å². The fourth-order valence-electron chi connectivity index (χ4n) is 9.98. The number of hydrogen-bond acceptors (Lipinski definition) is 2. The number of nitrogens with zero attached hydrogens (tertiary/aromatic N) is 2. The van der Waals surface area contributed by atoms with Crippen LogP contribution in [0.15, 0.2) is 243 Å².